The van der Waals surface area contributed by atoms with Gasteiger partial charge in [-0.3, -0.25) is 0 Å². The molecule has 0 aliphatic carbocycles. The summed E-state index contributed by atoms with van der Waals surface area (Å²) in [6, 6.07) is 91.5. The van der Waals surface area contributed by atoms with E-state index in [0.29, 0.717) is 25.7 Å². The van der Waals surface area contributed by atoms with Crippen LogP contribution in [0.3, 0.4) is 0 Å². The Bertz CT molecular complexity index is 3100. The minimum absolute atomic E-state index is 0.245. The number of benzene rings is 10. The van der Waals surface area contributed by atoms with Crippen LogP contribution in [0.2, 0.25) is 0 Å². The Labute approximate surface area is 446 Å². The maximum atomic E-state index is 10.1. The van der Waals surface area contributed by atoms with Gasteiger partial charge < -0.3 is 29.1 Å². The Kier molecular flexibility index (Phi) is 19.1. The molecule has 0 saturated carbocycles. The Morgan fingerprint density at radius 2 is 0.653 bits per heavy atom. The lowest BCUT2D eigenvalue weighted by Crippen LogP contribution is -2.10. The van der Waals surface area contributed by atoms with Crippen LogP contribution in [-0.2, 0) is 9.47 Å². The minimum atomic E-state index is 0.245. The molecule has 0 heterocycles. The van der Waals surface area contributed by atoms with Crippen molar-refractivity contribution in [3.8, 4) is 56.0 Å². The van der Waals surface area contributed by atoms with Crippen molar-refractivity contribution >= 4 is 45.7 Å². The monoisotopic (exact) mass is 1000 g/mol. The van der Waals surface area contributed by atoms with Crippen LogP contribution < -0.4 is 14.5 Å². The highest BCUT2D eigenvalue weighted by Gasteiger charge is 2.16. The number of phenolic OH excluding ortho intramolecular Hbond substituents is 1. The molecule has 10 aromatic rings. The van der Waals surface area contributed by atoms with E-state index in [1.54, 1.807) is 12.1 Å². The number of halogens is 1. The van der Waals surface area contributed by atoms with Crippen LogP contribution in [0.15, 0.2) is 293 Å². The highest BCUT2D eigenvalue weighted by molar-refractivity contribution is 6.18. The van der Waals surface area contributed by atoms with Gasteiger partial charge in [0.2, 0.25) is 0 Å². The van der Waals surface area contributed by atoms with E-state index in [9.17, 15) is 5.11 Å². The zero-order valence-electron chi connectivity index (χ0n) is 41.7. The predicted molar refractivity (Wildman–Crippen MR) is 314 cm³/mol. The van der Waals surface area contributed by atoms with E-state index in [-0.39, 0.29) is 5.75 Å². The second-order valence-electron chi connectivity index (χ2n) is 17.0. The van der Waals surface area contributed by atoms with Crippen molar-refractivity contribution in [1.29, 1.82) is 0 Å². The predicted octanol–water partition coefficient (Wildman–Crippen LogP) is 18.6. The molecule has 10 aromatic carbocycles. The molecule has 0 unspecified atom stereocenters. The molecule has 0 amide bonds. The summed E-state index contributed by atoms with van der Waals surface area (Å²) in [7, 11) is 0. The maximum absolute atomic E-state index is 10.1. The molecular weight excluding hydrogens is 944 g/mol. The third kappa shape index (κ3) is 14.7. The van der Waals surface area contributed by atoms with Crippen molar-refractivity contribution in [3.63, 3.8) is 0 Å². The molecule has 0 fully saturated rings. The molecule has 7 heteroatoms. The molecule has 75 heavy (non-hydrogen) atoms. The number of ether oxygens (including phenoxy) is 3. The van der Waals surface area contributed by atoms with Crippen molar-refractivity contribution in [2.45, 2.75) is 0 Å². The van der Waals surface area contributed by atoms with Crippen molar-refractivity contribution in [1.82, 2.24) is 0 Å². The number of nitrogens with zero attached hydrogens (tertiary/aromatic N) is 2. The van der Waals surface area contributed by atoms with Crippen LogP contribution in [0.25, 0.3) is 44.5 Å². The zero-order valence-corrected chi connectivity index (χ0v) is 42.5. The number of anilines is 6. The first-order chi connectivity index (χ1) is 37.0. The molecule has 10 rings (SSSR count). The first kappa shape index (κ1) is 52.1. The van der Waals surface area contributed by atoms with E-state index in [4.69, 9.17) is 21.1 Å². The average Bonchev–Trinajstić information content (AvgIpc) is 3.48. The van der Waals surface area contributed by atoms with Crippen LogP contribution in [-0.4, -0.2) is 30.8 Å². The Hall–Kier alpha value is -9.23. The van der Waals surface area contributed by atoms with Gasteiger partial charge in [0.15, 0.2) is 0 Å². The van der Waals surface area contributed by atoms with E-state index >= 15 is 0 Å². The number of hydrogen-bond donors (Lipinski definition) is 1. The van der Waals surface area contributed by atoms with Gasteiger partial charge in [0, 0.05) is 46.3 Å². The quantitative estimate of drug-likeness (QED) is 0.0525. The van der Waals surface area contributed by atoms with Crippen LogP contribution in [0, 0.1) is 0 Å². The number of aromatic hydroxyl groups is 1. The molecule has 0 radical (unpaired) electrons. The molecule has 1 N–H and O–H groups in total. The van der Waals surface area contributed by atoms with Crippen LogP contribution in [0.5, 0.6) is 11.5 Å². The minimum Gasteiger partial charge on any atom is -0.508 e. The van der Waals surface area contributed by atoms with Crippen LogP contribution >= 0.6 is 11.6 Å². The Morgan fingerprint density at radius 1 is 0.333 bits per heavy atom. The highest BCUT2D eigenvalue weighted by Crippen LogP contribution is 2.40. The topological polar surface area (TPSA) is 54.4 Å². The van der Waals surface area contributed by atoms with Gasteiger partial charge in [-0.25, -0.2) is 0 Å². The lowest BCUT2D eigenvalue weighted by Gasteiger charge is -2.26. The van der Waals surface area contributed by atoms with Crippen molar-refractivity contribution < 1.29 is 19.3 Å². The third-order valence-corrected chi connectivity index (χ3v) is 12.1. The summed E-state index contributed by atoms with van der Waals surface area (Å²) in [6.07, 6.45) is 2.81. The van der Waals surface area contributed by atoms with Crippen molar-refractivity contribution in [3.05, 3.63) is 293 Å². The molecule has 372 valence electrons. The number of rotatable bonds is 18. The summed E-state index contributed by atoms with van der Waals surface area (Å²) in [5.41, 5.74) is 15.6. The number of alkyl halides is 1. The lowest BCUT2D eigenvalue weighted by molar-refractivity contribution is 0.179. The lowest BCUT2D eigenvalue weighted by atomic mass is 10.0. The van der Waals surface area contributed by atoms with Gasteiger partial charge in [0.05, 0.1) is 18.4 Å². The zero-order chi connectivity index (χ0) is 51.9. The molecule has 6 nitrogen and oxygen atoms in total. The standard InChI is InChI=1S/C34H29NO2.C30H23NO.C4H7ClO/c1-2-36-24-25-37-34-15-9-14-33(26-34)35(31-20-16-29(17-21-31)27-10-5-3-6-11-27)32-22-18-30(19-23-32)28-12-7-4-8-13-28;32-30-13-7-12-29(22-30)31(27-18-14-25(15-19-27)23-8-3-1-4-9-23)28-20-16-26(17-21-28)24-10-5-2-6-11-24;1-2-6-4-3-5/h2-23,26H,1,24-25H2;1-22,32H;2H,1,3-4H2. The summed E-state index contributed by atoms with van der Waals surface area (Å²) in [5.74, 6) is 1.57. The Balaban J connectivity index is 0.000000181. The number of hydrogen-bond acceptors (Lipinski definition) is 6. The summed E-state index contributed by atoms with van der Waals surface area (Å²) < 4.78 is 15.7. The van der Waals surface area contributed by atoms with E-state index < -0.39 is 0 Å². The first-order valence-electron chi connectivity index (χ1n) is 24.8. The van der Waals surface area contributed by atoms with E-state index in [2.05, 4.69) is 234 Å². The molecule has 0 aliphatic heterocycles. The smallest absolute Gasteiger partial charge is 0.122 e. The molecule has 0 atom stereocenters. The summed E-state index contributed by atoms with van der Waals surface area (Å²) in [4.78, 5) is 4.40. The van der Waals surface area contributed by atoms with Gasteiger partial charge >= 0.3 is 0 Å². The SMILES string of the molecule is C=COCCCl.C=COCCOc1cccc(N(c2ccc(-c3ccccc3)cc2)c2ccc(-c3ccccc3)cc2)c1.Oc1cccc(N(c2ccc(-c3ccccc3)cc2)c2ccc(-c3ccccc3)cc2)c1. The van der Waals surface area contributed by atoms with E-state index in [1.165, 1.54) is 57.0 Å². The van der Waals surface area contributed by atoms with Crippen molar-refractivity contribution in [2.24, 2.45) is 0 Å². The molecule has 0 aliphatic rings. The van der Waals surface area contributed by atoms with Gasteiger partial charge in [-0.05, 0) is 117 Å². The average molecular weight is 1000 g/mol. The summed E-state index contributed by atoms with van der Waals surface area (Å²) in [6.45, 7) is 8.36. The summed E-state index contributed by atoms with van der Waals surface area (Å²) in [5, 5.41) is 10.1. The maximum Gasteiger partial charge on any atom is 0.122 e. The second kappa shape index (κ2) is 27.6. The van der Waals surface area contributed by atoms with E-state index in [0.717, 1.165) is 39.9 Å². The van der Waals surface area contributed by atoms with Crippen LogP contribution in [0.4, 0.5) is 34.1 Å². The second-order valence-corrected chi connectivity index (χ2v) is 17.3. The molecule has 0 saturated heterocycles. The fraction of sp³-hybridized carbons (Fsp3) is 0.0588. The first-order valence-corrected chi connectivity index (χ1v) is 25.3. The fourth-order valence-corrected chi connectivity index (χ4v) is 8.48. The third-order valence-electron chi connectivity index (χ3n) is 12.0. The van der Waals surface area contributed by atoms with Gasteiger partial charge in [0.1, 0.15) is 31.3 Å². The molecule has 0 aromatic heterocycles. The molecule has 0 bridgehead atoms. The van der Waals surface area contributed by atoms with E-state index in [1.807, 2.05) is 48.5 Å². The fourth-order valence-electron chi connectivity index (χ4n) is 8.39. The van der Waals surface area contributed by atoms with Crippen molar-refractivity contribution in [2.75, 3.05) is 35.5 Å². The number of phenols is 1. The summed E-state index contributed by atoms with van der Waals surface area (Å²) >= 11 is 5.21. The van der Waals surface area contributed by atoms with Gasteiger partial charge in [-0.1, -0.05) is 195 Å². The normalized spacial score (nSPS) is 10.3. The van der Waals surface area contributed by atoms with Gasteiger partial charge in [-0.2, -0.15) is 0 Å². The van der Waals surface area contributed by atoms with Crippen LogP contribution in [0.1, 0.15) is 0 Å². The van der Waals surface area contributed by atoms with Gasteiger partial charge in [-0.15, -0.1) is 11.6 Å². The molecule has 0 spiro atoms. The molecular formula is C68H59ClN2O4. The largest absolute Gasteiger partial charge is 0.508 e. The Morgan fingerprint density at radius 3 is 0.973 bits per heavy atom. The highest BCUT2D eigenvalue weighted by atomic mass is 35.5. The van der Waals surface area contributed by atoms with Gasteiger partial charge in [0.25, 0.3) is 0 Å².